The summed E-state index contributed by atoms with van der Waals surface area (Å²) in [6.07, 6.45) is -27.8. The summed E-state index contributed by atoms with van der Waals surface area (Å²) in [4.78, 5) is 2.75. The molecule has 0 unspecified atom stereocenters. The summed E-state index contributed by atoms with van der Waals surface area (Å²) in [7, 11) is 5.54. The molecule has 0 rings (SSSR count). The van der Waals surface area contributed by atoms with Gasteiger partial charge < -0.3 is 14.2 Å². The molecular weight excluding hydrogens is 1150 g/mol. The Hall–Kier alpha value is -2.26. The Morgan fingerprint density at radius 1 is 0.260 bits per heavy atom. The summed E-state index contributed by atoms with van der Waals surface area (Å²) >= 11 is 0. The molecule has 0 heterocycles. The molecule has 0 atom stereocenters. The monoisotopic (exact) mass is 1270 g/mol. The summed E-state index contributed by atoms with van der Waals surface area (Å²) in [5, 5.41) is 0. The largest absolute Gasteiger partial charge is 0.416 e. The maximum absolute atomic E-state index is 10.9. The molecule has 0 amide bonds. The molecule has 0 aliphatic rings. The van der Waals surface area contributed by atoms with E-state index in [4.69, 9.17) is 0 Å². The maximum atomic E-state index is 10.9. The topological polar surface area (TPSA) is 36.9 Å². The smallest absolute Gasteiger partial charge is 0.382 e. The van der Waals surface area contributed by atoms with Crippen molar-refractivity contribution in [2.45, 2.75) is 193 Å². The van der Waals surface area contributed by atoms with Crippen molar-refractivity contribution in [3.05, 3.63) is 0 Å². The standard InChI is InChI=1S/C3H7FO.6C2H2F4.2C2H5FO.C2H5F.CH3FO.CH3F.20CH4/c1-5-3-2-4;6*3-1-2(4,5)6;2*1-4-2-3;1-2-3;1-3-2;1-2;;;;;;;;;;;;;;;;;;;;/h2-3H2,1H3;6*1H2;2*2H2,1H3;2H2,1H3;1H3;1H3;20*1H4. The van der Waals surface area contributed by atoms with E-state index in [1.165, 1.54) is 28.3 Å². The van der Waals surface area contributed by atoms with Gasteiger partial charge in [0.15, 0.2) is 53.8 Å². The van der Waals surface area contributed by atoms with Crippen LogP contribution >= 0.6 is 0 Å². The Labute approximate surface area is 453 Å². The minimum absolute atomic E-state index is 0. The van der Waals surface area contributed by atoms with Gasteiger partial charge in [-0.2, -0.15) is 84.0 Å². The highest BCUT2D eigenvalue weighted by Crippen LogP contribution is 2.16. The minimum Gasteiger partial charge on any atom is -0.382 e. The first-order valence-electron chi connectivity index (χ1n) is 12.4. The van der Waals surface area contributed by atoms with Gasteiger partial charge in [0, 0.05) is 21.3 Å². The van der Waals surface area contributed by atoms with Gasteiger partial charge >= 0.3 is 37.1 Å². The van der Waals surface area contributed by atoms with Crippen LogP contribution in [-0.2, 0) is 19.2 Å². The number of alkyl halides is 29. The van der Waals surface area contributed by atoms with E-state index >= 15 is 0 Å². The Bertz CT molecular complexity index is 495. The number of ether oxygens (including phenoxy) is 3. The molecular formula is C43H120F30O4. The average Bonchev–Trinajstić information content (AvgIpc) is 3.10. The van der Waals surface area contributed by atoms with E-state index in [-0.39, 0.29) is 168 Å². The van der Waals surface area contributed by atoms with Gasteiger partial charge in [-0.25, -0.2) is 39.5 Å². The molecule has 0 fully saturated rings. The molecule has 0 aromatic heterocycles. The van der Waals surface area contributed by atoms with Crippen molar-refractivity contribution in [3.8, 4) is 0 Å². The first-order valence-corrected chi connectivity index (χ1v) is 12.4. The van der Waals surface area contributed by atoms with Gasteiger partial charge in [0.2, 0.25) is 0 Å². The number of hydrogen-bond acceptors (Lipinski definition) is 4. The van der Waals surface area contributed by atoms with Crippen LogP contribution in [0.1, 0.15) is 155 Å². The fraction of sp³-hybridized carbons (Fsp3) is 1.00. The van der Waals surface area contributed by atoms with E-state index in [1.54, 1.807) is 0 Å². The highest BCUT2D eigenvalue weighted by atomic mass is 19.4. The lowest BCUT2D eigenvalue weighted by atomic mass is 10.8. The average molecular weight is 1270 g/mol. The molecule has 77 heavy (non-hydrogen) atoms. The van der Waals surface area contributed by atoms with Gasteiger partial charge in [0.1, 0.15) is 6.67 Å². The molecule has 0 spiro atoms. The Balaban J connectivity index is -0.00000000942. The zero-order chi connectivity index (χ0) is 49.6. The molecule has 0 bridgehead atoms. The molecule has 0 aromatic carbocycles. The number of rotatable bonds is 4. The van der Waals surface area contributed by atoms with Crippen molar-refractivity contribution < 1.29 is 151 Å². The zero-order valence-corrected chi connectivity index (χ0v) is 29.8. The van der Waals surface area contributed by atoms with Crippen LogP contribution in [-0.4, -0.2) is 146 Å². The van der Waals surface area contributed by atoms with E-state index in [0.717, 1.165) is 7.11 Å². The van der Waals surface area contributed by atoms with Crippen LogP contribution < -0.4 is 0 Å². The van der Waals surface area contributed by atoms with Gasteiger partial charge in [0.05, 0.1) is 27.6 Å². The number of hydrogen-bond donors (Lipinski definition) is 0. The highest BCUT2D eigenvalue weighted by Gasteiger charge is 2.28. The predicted molar refractivity (Wildman–Crippen MR) is 277 cm³/mol. The van der Waals surface area contributed by atoms with Crippen LogP contribution in [0.3, 0.4) is 0 Å². The van der Waals surface area contributed by atoms with E-state index in [0.29, 0.717) is 7.18 Å². The minimum atomic E-state index is -4.62. The molecule has 0 saturated heterocycles. The summed E-state index contributed by atoms with van der Waals surface area (Å²) in [5.41, 5.74) is 0. The third-order valence-electron chi connectivity index (χ3n) is 1.41. The SMILES string of the molecule is C.C.C.C.C.C.C.C.C.C.C.C.C.C.C.C.C.C.C.C.CCF.CF.COCCF.COCF.COCF.COF.FCC(F)(F)F.FCC(F)(F)F.FCC(F)(F)F.FCC(F)(F)F.FCC(F)(F)F.FCC(F)(F)F. The van der Waals surface area contributed by atoms with E-state index in [2.05, 4.69) is 19.2 Å². The molecule has 0 N–H and O–H groups in total. The Morgan fingerprint density at radius 2 is 0.325 bits per heavy atom. The molecule has 0 aliphatic carbocycles. The van der Waals surface area contributed by atoms with Crippen molar-refractivity contribution in [2.75, 3.05) is 109 Å². The maximum Gasteiger partial charge on any atom is 0.416 e. The lowest BCUT2D eigenvalue weighted by Gasteiger charge is -1.93. The van der Waals surface area contributed by atoms with Gasteiger partial charge in [0.25, 0.3) is 0 Å². The molecule has 0 saturated carbocycles. The van der Waals surface area contributed by atoms with Crippen LogP contribution in [0.15, 0.2) is 0 Å². The van der Waals surface area contributed by atoms with Gasteiger partial charge in [-0.1, -0.05) is 149 Å². The summed E-state index contributed by atoms with van der Waals surface area (Å²) in [6.45, 7) is -13.7. The van der Waals surface area contributed by atoms with Crippen molar-refractivity contribution in [3.63, 3.8) is 0 Å². The van der Waals surface area contributed by atoms with Crippen LogP contribution in [0.2, 0.25) is 0 Å². The number of methoxy groups -OCH3 is 3. The molecule has 4 nitrogen and oxygen atoms in total. The van der Waals surface area contributed by atoms with Crippen molar-refractivity contribution in [1.82, 2.24) is 0 Å². The van der Waals surface area contributed by atoms with Gasteiger partial charge in [-0.05, 0) is 11.4 Å². The fourth-order valence-corrected chi connectivity index (χ4v) is 0.0772. The van der Waals surface area contributed by atoms with Crippen LogP contribution in [0, 0.1) is 0 Å². The highest BCUT2D eigenvalue weighted by molar-refractivity contribution is 4.42. The second-order valence-corrected chi connectivity index (χ2v) is 6.39. The lowest BCUT2D eigenvalue weighted by Crippen LogP contribution is -2.08. The van der Waals surface area contributed by atoms with Crippen molar-refractivity contribution in [2.24, 2.45) is 0 Å². The third-order valence-corrected chi connectivity index (χ3v) is 1.41. The Kier molecular flexibility index (Phi) is 475. The summed E-state index contributed by atoms with van der Waals surface area (Å²) in [5.74, 6) is 0. The van der Waals surface area contributed by atoms with E-state index in [9.17, 15) is 132 Å². The van der Waals surface area contributed by atoms with Gasteiger partial charge in [-0.3, -0.25) is 8.78 Å². The van der Waals surface area contributed by atoms with Crippen LogP contribution in [0.25, 0.3) is 0 Å². The van der Waals surface area contributed by atoms with Crippen molar-refractivity contribution >= 4 is 0 Å². The molecule has 0 radical (unpaired) electrons. The van der Waals surface area contributed by atoms with E-state index in [1.807, 2.05) is 0 Å². The molecule has 34 heteroatoms. The van der Waals surface area contributed by atoms with Gasteiger partial charge in [-0.15, -0.1) is 0 Å². The second-order valence-electron chi connectivity index (χ2n) is 6.39. The lowest BCUT2D eigenvalue weighted by molar-refractivity contribution is -0.142. The summed E-state index contributed by atoms with van der Waals surface area (Å²) < 4.78 is 323. The number of halogens is 30. The third kappa shape index (κ3) is 974. The normalized spacial score (nSPS) is 7.48. The fourth-order valence-electron chi connectivity index (χ4n) is 0.0772. The van der Waals surface area contributed by atoms with Crippen LogP contribution in [0.5, 0.6) is 0 Å². The van der Waals surface area contributed by atoms with E-state index < -0.39 is 90.8 Å². The second kappa shape index (κ2) is 164. The predicted octanol–water partition coefficient (Wildman–Crippen LogP) is 25.6. The first kappa shape index (κ1) is 222. The zero-order valence-electron chi connectivity index (χ0n) is 29.8. The molecule has 0 aromatic rings. The molecule has 526 valence electrons. The molecule has 0 aliphatic heterocycles. The summed E-state index contributed by atoms with van der Waals surface area (Å²) in [6, 6.07) is 0. The first-order chi connectivity index (χ1) is 25.4. The van der Waals surface area contributed by atoms with Crippen LogP contribution in [0.4, 0.5) is 132 Å². The Morgan fingerprint density at radius 3 is 0.325 bits per heavy atom. The quantitative estimate of drug-likeness (QED) is 0.263. The van der Waals surface area contributed by atoms with Crippen molar-refractivity contribution in [1.29, 1.82) is 0 Å².